The van der Waals surface area contributed by atoms with Crippen molar-refractivity contribution in [1.82, 2.24) is 0 Å². The molecule has 1 atom stereocenters. The number of hydrogen-bond donors (Lipinski definition) is 1. The Morgan fingerprint density at radius 2 is 1.75 bits per heavy atom. The standard InChI is InChI=1S/C15H14BrFO3/c1-19-10-4-6-11(13(17)8-10)15(18)12-5-3-9(16)7-14(12)20-2/h3-8,15,18H,1-2H3. The lowest BCUT2D eigenvalue weighted by molar-refractivity contribution is 0.209. The Labute approximate surface area is 125 Å². The summed E-state index contributed by atoms with van der Waals surface area (Å²) in [6.07, 6.45) is -1.11. The molecule has 0 aliphatic heterocycles. The third-order valence-corrected chi connectivity index (χ3v) is 3.49. The molecule has 1 unspecified atom stereocenters. The number of ether oxygens (including phenoxy) is 2. The highest BCUT2D eigenvalue weighted by Gasteiger charge is 2.19. The molecule has 3 nitrogen and oxygen atoms in total. The predicted molar refractivity (Wildman–Crippen MR) is 77.7 cm³/mol. The van der Waals surface area contributed by atoms with E-state index in [0.29, 0.717) is 17.1 Å². The second kappa shape index (κ2) is 6.24. The molecule has 0 aliphatic carbocycles. The first kappa shape index (κ1) is 14.8. The van der Waals surface area contributed by atoms with Gasteiger partial charge in [0.25, 0.3) is 0 Å². The predicted octanol–water partition coefficient (Wildman–Crippen LogP) is 3.69. The summed E-state index contributed by atoms with van der Waals surface area (Å²) in [5.74, 6) is 0.366. The van der Waals surface area contributed by atoms with Crippen LogP contribution in [0.1, 0.15) is 17.2 Å². The molecule has 0 aliphatic rings. The Bertz CT molecular complexity index is 616. The summed E-state index contributed by atoms with van der Waals surface area (Å²) in [6.45, 7) is 0. The molecule has 0 aromatic heterocycles. The van der Waals surface area contributed by atoms with Gasteiger partial charge in [-0.25, -0.2) is 4.39 Å². The minimum atomic E-state index is -1.11. The monoisotopic (exact) mass is 340 g/mol. The second-order valence-corrected chi connectivity index (χ2v) is 5.09. The number of hydrogen-bond acceptors (Lipinski definition) is 3. The van der Waals surface area contributed by atoms with Crippen LogP contribution in [0.5, 0.6) is 11.5 Å². The van der Waals surface area contributed by atoms with E-state index < -0.39 is 11.9 Å². The minimum Gasteiger partial charge on any atom is -0.497 e. The number of methoxy groups -OCH3 is 2. The molecule has 0 radical (unpaired) electrons. The zero-order valence-electron chi connectivity index (χ0n) is 11.1. The molecule has 2 aromatic rings. The summed E-state index contributed by atoms with van der Waals surface area (Å²) in [5.41, 5.74) is 0.672. The number of benzene rings is 2. The molecule has 0 amide bonds. The number of aliphatic hydroxyl groups is 1. The summed E-state index contributed by atoms with van der Waals surface area (Å²) in [6, 6.07) is 9.52. The summed E-state index contributed by atoms with van der Waals surface area (Å²) >= 11 is 3.32. The van der Waals surface area contributed by atoms with Gasteiger partial charge >= 0.3 is 0 Å². The van der Waals surface area contributed by atoms with Gasteiger partial charge in [-0.2, -0.15) is 0 Å². The third kappa shape index (κ3) is 2.94. The molecule has 1 N–H and O–H groups in total. The van der Waals surface area contributed by atoms with Crippen LogP contribution in [-0.2, 0) is 0 Å². The Morgan fingerprint density at radius 3 is 2.35 bits per heavy atom. The fraction of sp³-hybridized carbons (Fsp3) is 0.200. The van der Waals surface area contributed by atoms with Crippen molar-refractivity contribution in [3.63, 3.8) is 0 Å². The fourth-order valence-corrected chi connectivity index (χ4v) is 2.28. The lowest BCUT2D eigenvalue weighted by Crippen LogP contribution is -2.05. The van der Waals surface area contributed by atoms with Crippen LogP contribution < -0.4 is 9.47 Å². The van der Waals surface area contributed by atoms with Gasteiger partial charge in [-0.05, 0) is 24.3 Å². The van der Waals surface area contributed by atoms with Crippen molar-refractivity contribution in [3.8, 4) is 11.5 Å². The van der Waals surface area contributed by atoms with Crippen molar-refractivity contribution in [2.45, 2.75) is 6.10 Å². The molecule has 2 rings (SSSR count). The van der Waals surface area contributed by atoms with Gasteiger partial charge in [-0.3, -0.25) is 0 Å². The van der Waals surface area contributed by atoms with Crippen LogP contribution in [0.4, 0.5) is 4.39 Å². The summed E-state index contributed by atoms with van der Waals surface area (Å²) in [4.78, 5) is 0. The van der Waals surface area contributed by atoms with Crippen LogP contribution in [0.25, 0.3) is 0 Å². The zero-order chi connectivity index (χ0) is 14.7. The molecule has 0 spiro atoms. The molecule has 106 valence electrons. The fourth-order valence-electron chi connectivity index (χ4n) is 1.93. The number of halogens is 2. The lowest BCUT2D eigenvalue weighted by atomic mass is 10.00. The average molecular weight is 341 g/mol. The Morgan fingerprint density at radius 1 is 1.05 bits per heavy atom. The molecule has 20 heavy (non-hydrogen) atoms. The van der Waals surface area contributed by atoms with Crippen LogP contribution in [0.2, 0.25) is 0 Å². The molecule has 5 heteroatoms. The van der Waals surface area contributed by atoms with Crippen LogP contribution in [-0.4, -0.2) is 19.3 Å². The summed E-state index contributed by atoms with van der Waals surface area (Å²) < 4.78 is 25.0. The quantitative estimate of drug-likeness (QED) is 0.922. The van der Waals surface area contributed by atoms with Crippen molar-refractivity contribution in [2.24, 2.45) is 0 Å². The minimum absolute atomic E-state index is 0.173. The molecular formula is C15H14BrFO3. The molecule has 0 heterocycles. The van der Waals surface area contributed by atoms with Crippen molar-refractivity contribution in [2.75, 3.05) is 14.2 Å². The zero-order valence-corrected chi connectivity index (χ0v) is 12.6. The Hall–Kier alpha value is -1.59. The molecule has 0 saturated heterocycles. The Balaban J connectivity index is 2.43. The van der Waals surface area contributed by atoms with E-state index in [2.05, 4.69) is 15.9 Å². The van der Waals surface area contributed by atoms with E-state index in [1.807, 2.05) is 0 Å². The molecule has 0 bridgehead atoms. The second-order valence-electron chi connectivity index (χ2n) is 4.18. The van der Waals surface area contributed by atoms with Crippen molar-refractivity contribution in [3.05, 3.63) is 57.8 Å². The first-order chi connectivity index (χ1) is 9.56. The topological polar surface area (TPSA) is 38.7 Å². The van der Waals surface area contributed by atoms with Gasteiger partial charge in [0.15, 0.2) is 0 Å². The third-order valence-electron chi connectivity index (χ3n) is 2.99. The van der Waals surface area contributed by atoms with Gasteiger partial charge < -0.3 is 14.6 Å². The maximum Gasteiger partial charge on any atom is 0.133 e. The van der Waals surface area contributed by atoms with Gasteiger partial charge in [-0.1, -0.05) is 22.0 Å². The molecular weight excluding hydrogens is 327 g/mol. The van der Waals surface area contributed by atoms with Crippen LogP contribution in [0.3, 0.4) is 0 Å². The van der Waals surface area contributed by atoms with E-state index in [1.165, 1.54) is 26.4 Å². The van der Waals surface area contributed by atoms with E-state index in [1.54, 1.807) is 24.3 Å². The largest absolute Gasteiger partial charge is 0.497 e. The van der Waals surface area contributed by atoms with Crippen molar-refractivity contribution >= 4 is 15.9 Å². The summed E-state index contributed by atoms with van der Waals surface area (Å²) in [5, 5.41) is 10.4. The van der Waals surface area contributed by atoms with Gasteiger partial charge in [0.2, 0.25) is 0 Å². The van der Waals surface area contributed by atoms with Crippen molar-refractivity contribution < 1.29 is 19.0 Å². The van der Waals surface area contributed by atoms with Gasteiger partial charge in [0.05, 0.1) is 14.2 Å². The van der Waals surface area contributed by atoms with Crippen LogP contribution in [0, 0.1) is 5.82 Å². The Kier molecular flexibility index (Phi) is 4.62. The van der Waals surface area contributed by atoms with Gasteiger partial charge in [-0.15, -0.1) is 0 Å². The summed E-state index contributed by atoms with van der Waals surface area (Å²) in [7, 11) is 2.96. The molecule has 0 fully saturated rings. The molecule has 0 saturated carbocycles. The maximum absolute atomic E-state index is 14.0. The van der Waals surface area contributed by atoms with Gasteiger partial charge in [0, 0.05) is 21.7 Å². The van der Waals surface area contributed by atoms with E-state index >= 15 is 0 Å². The highest BCUT2D eigenvalue weighted by Crippen LogP contribution is 2.34. The van der Waals surface area contributed by atoms with Crippen molar-refractivity contribution in [1.29, 1.82) is 0 Å². The molecule has 2 aromatic carbocycles. The average Bonchev–Trinajstić information content (AvgIpc) is 2.46. The highest BCUT2D eigenvalue weighted by molar-refractivity contribution is 9.10. The smallest absolute Gasteiger partial charge is 0.133 e. The van der Waals surface area contributed by atoms with Crippen LogP contribution >= 0.6 is 15.9 Å². The van der Waals surface area contributed by atoms with E-state index in [0.717, 1.165) is 4.47 Å². The highest BCUT2D eigenvalue weighted by atomic mass is 79.9. The van der Waals surface area contributed by atoms with E-state index in [9.17, 15) is 9.50 Å². The van der Waals surface area contributed by atoms with Crippen LogP contribution in [0.15, 0.2) is 40.9 Å². The normalized spacial score (nSPS) is 12.1. The first-order valence-electron chi connectivity index (χ1n) is 5.91. The van der Waals surface area contributed by atoms with E-state index in [-0.39, 0.29) is 5.56 Å². The first-order valence-corrected chi connectivity index (χ1v) is 6.71. The SMILES string of the molecule is COc1ccc(C(O)c2ccc(Br)cc2OC)c(F)c1. The van der Waals surface area contributed by atoms with Gasteiger partial charge in [0.1, 0.15) is 23.4 Å². The number of rotatable bonds is 4. The maximum atomic E-state index is 14.0. The lowest BCUT2D eigenvalue weighted by Gasteiger charge is -2.16. The van der Waals surface area contributed by atoms with E-state index in [4.69, 9.17) is 9.47 Å². The number of aliphatic hydroxyl groups excluding tert-OH is 1.